The van der Waals surface area contributed by atoms with Crippen molar-refractivity contribution in [2.45, 2.75) is 199 Å². The molecule has 0 saturated heterocycles. The predicted octanol–water partition coefficient (Wildman–Crippen LogP) is 12.4. The number of ether oxygens (including phenoxy) is 3. The Morgan fingerprint density at radius 1 is 0.554 bits per heavy atom. The fourth-order valence-electron chi connectivity index (χ4n) is 6.49. The maximum Gasteiger partial charge on any atom is 0.362 e. The molecule has 324 valence electrons. The lowest BCUT2D eigenvalue weighted by molar-refractivity contribution is -0.887. The molecule has 0 rings (SSSR count). The summed E-state index contributed by atoms with van der Waals surface area (Å²) in [7, 11) is 5.52. The number of rotatable bonds is 40. The summed E-state index contributed by atoms with van der Waals surface area (Å²) in [5, 5.41) is 9.62. The summed E-state index contributed by atoms with van der Waals surface area (Å²) < 4.78 is 17.3. The maximum absolute atomic E-state index is 12.7. The normalized spacial score (nSPS) is 13.4. The predicted molar refractivity (Wildman–Crippen MR) is 234 cm³/mol. The van der Waals surface area contributed by atoms with Crippen LogP contribution in [0.3, 0.4) is 0 Å². The number of likely N-dealkylation sites (N-methyl/N-ethyl adjacent to an activating group) is 1. The minimum atomic E-state index is -0.878. The highest BCUT2D eigenvalue weighted by atomic mass is 16.6. The van der Waals surface area contributed by atoms with Gasteiger partial charge in [-0.15, -0.1) is 0 Å². The average molecular weight is 789 g/mol. The average Bonchev–Trinajstić information content (AvgIpc) is 3.15. The molecule has 0 bridgehead atoms. The van der Waals surface area contributed by atoms with Crippen molar-refractivity contribution < 1.29 is 38.2 Å². The molecule has 0 fully saturated rings. The third kappa shape index (κ3) is 36.9. The quantitative estimate of drug-likeness (QED) is 0.0286. The summed E-state index contributed by atoms with van der Waals surface area (Å²) in [6.45, 7) is 4.61. The van der Waals surface area contributed by atoms with Crippen LogP contribution in [0.4, 0.5) is 0 Å². The lowest BCUT2D eigenvalue weighted by Gasteiger charge is -2.31. The molecule has 0 radical (unpaired) electrons. The zero-order valence-electron chi connectivity index (χ0n) is 36.8. The van der Waals surface area contributed by atoms with E-state index in [-0.39, 0.29) is 36.2 Å². The SMILES string of the molecule is CC/C=C\C/C=C\C/C=C\C/C=C\CCCCCCCCC(=O)OC(COCCC(C(=O)O)[N+](C)(C)C)COC(=O)CCCCCCCCCCCCCCC. The number of esters is 2. The fraction of sp³-hybridized carbons (Fsp3) is 0.771. The summed E-state index contributed by atoms with van der Waals surface area (Å²) in [5.41, 5.74) is 0. The first-order valence-corrected chi connectivity index (χ1v) is 22.7. The van der Waals surface area contributed by atoms with E-state index in [4.69, 9.17) is 14.2 Å². The van der Waals surface area contributed by atoms with Gasteiger partial charge in [-0.05, 0) is 51.4 Å². The summed E-state index contributed by atoms with van der Waals surface area (Å²) in [6.07, 6.45) is 45.7. The molecule has 0 aliphatic heterocycles. The highest BCUT2D eigenvalue weighted by Gasteiger charge is 2.31. The van der Waals surface area contributed by atoms with E-state index in [1.54, 1.807) is 0 Å². The van der Waals surface area contributed by atoms with E-state index >= 15 is 0 Å². The summed E-state index contributed by atoms with van der Waals surface area (Å²) in [6, 6.07) is -0.617. The van der Waals surface area contributed by atoms with E-state index in [0.29, 0.717) is 19.3 Å². The minimum absolute atomic E-state index is 0.0556. The number of allylic oxidation sites excluding steroid dienone is 8. The van der Waals surface area contributed by atoms with Gasteiger partial charge in [-0.1, -0.05) is 165 Å². The third-order valence-corrected chi connectivity index (χ3v) is 9.99. The van der Waals surface area contributed by atoms with E-state index in [1.165, 1.54) is 77.0 Å². The van der Waals surface area contributed by atoms with Crippen LogP contribution < -0.4 is 0 Å². The molecule has 8 heteroatoms. The molecule has 0 saturated carbocycles. The van der Waals surface area contributed by atoms with Crippen LogP contribution in [0.5, 0.6) is 0 Å². The number of hydrogen-bond donors (Lipinski definition) is 1. The zero-order chi connectivity index (χ0) is 41.4. The number of carboxylic acids is 1. The number of unbranched alkanes of at least 4 members (excludes halogenated alkanes) is 18. The lowest BCUT2D eigenvalue weighted by atomic mass is 10.0. The Balaban J connectivity index is 4.34. The molecule has 1 N–H and O–H groups in total. The highest BCUT2D eigenvalue weighted by molar-refractivity contribution is 5.72. The van der Waals surface area contributed by atoms with Crippen LogP contribution in [0.25, 0.3) is 0 Å². The Bertz CT molecular complexity index is 1060. The van der Waals surface area contributed by atoms with Gasteiger partial charge in [0.15, 0.2) is 12.1 Å². The molecule has 0 spiro atoms. The Kier molecular flexibility index (Phi) is 37.2. The third-order valence-electron chi connectivity index (χ3n) is 9.99. The van der Waals surface area contributed by atoms with E-state index in [0.717, 1.165) is 77.0 Å². The van der Waals surface area contributed by atoms with Crippen LogP contribution in [0.1, 0.15) is 187 Å². The number of carboxylic acid groups (broad SMARTS) is 1. The van der Waals surface area contributed by atoms with Crippen molar-refractivity contribution in [1.82, 2.24) is 0 Å². The molecule has 0 aliphatic rings. The van der Waals surface area contributed by atoms with Gasteiger partial charge in [0.1, 0.15) is 6.61 Å². The molecule has 0 aromatic heterocycles. The van der Waals surface area contributed by atoms with Crippen LogP contribution in [0.2, 0.25) is 0 Å². The number of quaternary nitrogens is 1. The topological polar surface area (TPSA) is 99.1 Å². The molecule has 0 aromatic rings. The fourth-order valence-corrected chi connectivity index (χ4v) is 6.49. The van der Waals surface area contributed by atoms with Crippen LogP contribution in [-0.4, -0.2) is 80.6 Å². The summed E-state index contributed by atoms with van der Waals surface area (Å²) >= 11 is 0. The summed E-state index contributed by atoms with van der Waals surface area (Å²) in [5.74, 6) is -1.48. The first kappa shape index (κ1) is 53.3. The van der Waals surface area contributed by atoms with Gasteiger partial charge in [0.25, 0.3) is 0 Å². The first-order valence-electron chi connectivity index (χ1n) is 22.7. The van der Waals surface area contributed by atoms with Crippen LogP contribution in [0.15, 0.2) is 48.6 Å². The molecule has 0 amide bonds. The molecule has 2 atom stereocenters. The highest BCUT2D eigenvalue weighted by Crippen LogP contribution is 2.15. The molecule has 56 heavy (non-hydrogen) atoms. The summed E-state index contributed by atoms with van der Waals surface area (Å²) in [4.78, 5) is 37.0. The van der Waals surface area contributed by atoms with Crippen molar-refractivity contribution in [2.75, 3.05) is 41.0 Å². The Morgan fingerprint density at radius 2 is 1.00 bits per heavy atom. The van der Waals surface area contributed by atoms with Crippen molar-refractivity contribution in [2.24, 2.45) is 0 Å². The van der Waals surface area contributed by atoms with Gasteiger partial charge in [-0.3, -0.25) is 9.59 Å². The van der Waals surface area contributed by atoms with Gasteiger partial charge in [0, 0.05) is 19.3 Å². The Labute approximate surface area is 344 Å². The number of hydrogen-bond acceptors (Lipinski definition) is 6. The number of nitrogens with zero attached hydrogens (tertiary/aromatic N) is 1. The van der Waals surface area contributed by atoms with Gasteiger partial charge in [-0.25, -0.2) is 4.79 Å². The smallest absolute Gasteiger partial charge is 0.362 e. The molecule has 8 nitrogen and oxygen atoms in total. The van der Waals surface area contributed by atoms with Crippen LogP contribution >= 0.6 is 0 Å². The van der Waals surface area contributed by atoms with Crippen LogP contribution in [-0.2, 0) is 28.6 Å². The lowest BCUT2D eigenvalue weighted by Crippen LogP contribution is -2.50. The first-order chi connectivity index (χ1) is 27.1. The second-order valence-corrected chi connectivity index (χ2v) is 16.3. The van der Waals surface area contributed by atoms with Crippen LogP contribution in [0, 0.1) is 0 Å². The van der Waals surface area contributed by atoms with E-state index in [2.05, 4.69) is 62.5 Å². The van der Waals surface area contributed by atoms with E-state index in [1.807, 2.05) is 21.1 Å². The Hall–Kier alpha value is -2.71. The number of carbonyl (C=O) groups is 3. The molecule has 0 aliphatic carbocycles. The minimum Gasteiger partial charge on any atom is -0.477 e. The van der Waals surface area contributed by atoms with E-state index in [9.17, 15) is 19.5 Å². The second-order valence-electron chi connectivity index (χ2n) is 16.3. The van der Waals surface area contributed by atoms with Crippen molar-refractivity contribution in [1.29, 1.82) is 0 Å². The molecular formula is C48H86NO7+. The van der Waals surface area contributed by atoms with Gasteiger partial charge < -0.3 is 23.8 Å². The van der Waals surface area contributed by atoms with E-state index < -0.39 is 18.1 Å². The van der Waals surface area contributed by atoms with Gasteiger partial charge in [-0.2, -0.15) is 0 Å². The molecular weight excluding hydrogens is 703 g/mol. The van der Waals surface area contributed by atoms with Crippen molar-refractivity contribution in [3.05, 3.63) is 48.6 Å². The molecule has 0 aromatic carbocycles. The second kappa shape index (κ2) is 39.1. The van der Waals surface area contributed by atoms with Crippen molar-refractivity contribution >= 4 is 17.9 Å². The van der Waals surface area contributed by atoms with Gasteiger partial charge in [0.2, 0.25) is 0 Å². The Morgan fingerprint density at radius 3 is 1.48 bits per heavy atom. The van der Waals surface area contributed by atoms with Crippen molar-refractivity contribution in [3.8, 4) is 0 Å². The monoisotopic (exact) mass is 789 g/mol. The van der Waals surface area contributed by atoms with Gasteiger partial charge >= 0.3 is 17.9 Å². The number of aliphatic carboxylic acids is 1. The maximum atomic E-state index is 12.7. The zero-order valence-corrected chi connectivity index (χ0v) is 36.8. The standard InChI is InChI=1S/C48H85NO7/c1-6-8-10-12-14-16-18-20-21-22-23-24-25-27-29-31-33-35-37-39-47(51)56-44(42-54-41-40-45(48(52)53)49(3,4)5)43-55-46(50)38-36-34-32-30-28-26-19-17-15-13-11-9-7-2/h8,10,14,16,20-21,23-24,44-45H,6-7,9,11-13,15,17-19,22,25-43H2,1-5H3/p+1/b10-8-,16-14-,21-20-,24-23-. The van der Waals surface area contributed by atoms with Gasteiger partial charge in [0.05, 0.1) is 34.4 Å². The largest absolute Gasteiger partial charge is 0.477 e. The molecule has 2 unspecified atom stereocenters. The van der Waals surface area contributed by atoms with Crippen molar-refractivity contribution in [3.63, 3.8) is 0 Å². The number of carbonyl (C=O) groups excluding carboxylic acids is 2. The molecule has 0 heterocycles.